The fourth-order valence-electron chi connectivity index (χ4n) is 2.78. The molecule has 1 aromatic heterocycles. The van der Waals surface area contributed by atoms with Crippen LogP contribution in [-0.4, -0.2) is 50.0 Å². The number of hydrogen-bond acceptors (Lipinski definition) is 5. The standard InChI is InChI=1S/C15H25N3O3S/c1-3-4-5-6-13(18-8-7-16-12(18)2)15(19)17-9-10-21-14(11-17)22-20/h7-8,13-14,20H,3-6,9-11H2,1-2H3. The van der Waals surface area contributed by atoms with Crippen molar-refractivity contribution in [3.63, 3.8) is 0 Å². The number of imidazole rings is 1. The Labute approximate surface area is 136 Å². The van der Waals surface area contributed by atoms with Gasteiger partial charge in [0.25, 0.3) is 0 Å². The Bertz CT molecular complexity index is 480. The van der Waals surface area contributed by atoms with E-state index in [0.29, 0.717) is 31.7 Å². The molecule has 1 saturated heterocycles. The maximum Gasteiger partial charge on any atom is 0.245 e. The number of ether oxygens (including phenoxy) is 1. The molecule has 124 valence electrons. The lowest BCUT2D eigenvalue weighted by molar-refractivity contribution is -0.140. The number of carbonyl (C=O) groups excluding carboxylic acids is 1. The number of morpholine rings is 1. The van der Waals surface area contributed by atoms with Crippen molar-refractivity contribution in [2.24, 2.45) is 0 Å². The van der Waals surface area contributed by atoms with Gasteiger partial charge >= 0.3 is 0 Å². The van der Waals surface area contributed by atoms with E-state index in [-0.39, 0.29) is 17.4 Å². The minimum atomic E-state index is -0.349. The molecule has 1 aliphatic heterocycles. The molecule has 7 heteroatoms. The highest BCUT2D eigenvalue weighted by Gasteiger charge is 2.30. The quantitative estimate of drug-likeness (QED) is 0.616. The SMILES string of the molecule is CCCCCC(C(=O)N1CCOC(SO)C1)n1ccnc1C. The van der Waals surface area contributed by atoms with Crippen LogP contribution >= 0.6 is 12.0 Å². The molecule has 0 aromatic carbocycles. The van der Waals surface area contributed by atoms with Crippen LogP contribution in [0.2, 0.25) is 0 Å². The molecule has 0 radical (unpaired) electrons. The number of hydrogen-bond donors (Lipinski definition) is 1. The maximum atomic E-state index is 12.9. The summed E-state index contributed by atoms with van der Waals surface area (Å²) < 4.78 is 16.5. The highest BCUT2D eigenvalue weighted by molar-refractivity contribution is 7.94. The van der Waals surface area contributed by atoms with Crippen LogP contribution in [0.4, 0.5) is 0 Å². The summed E-state index contributed by atoms with van der Waals surface area (Å²) in [5, 5.41) is 0. The molecule has 22 heavy (non-hydrogen) atoms. The first kappa shape index (κ1) is 17.3. The average molecular weight is 327 g/mol. The molecular weight excluding hydrogens is 302 g/mol. The Kier molecular flexibility index (Phi) is 6.72. The number of aryl methyl sites for hydroxylation is 1. The topological polar surface area (TPSA) is 67.6 Å². The lowest BCUT2D eigenvalue weighted by atomic mass is 10.1. The smallest absolute Gasteiger partial charge is 0.245 e. The summed E-state index contributed by atoms with van der Waals surface area (Å²) in [5.41, 5.74) is -0.349. The highest BCUT2D eigenvalue weighted by Crippen LogP contribution is 2.23. The van der Waals surface area contributed by atoms with Crippen molar-refractivity contribution in [1.82, 2.24) is 14.5 Å². The van der Waals surface area contributed by atoms with Crippen LogP contribution in [0.25, 0.3) is 0 Å². The van der Waals surface area contributed by atoms with E-state index in [4.69, 9.17) is 9.29 Å². The molecule has 0 bridgehead atoms. The van der Waals surface area contributed by atoms with Gasteiger partial charge in [-0.05, 0) is 13.3 Å². The van der Waals surface area contributed by atoms with Crippen molar-refractivity contribution in [3.05, 3.63) is 18.2 Å². The highest BCUT2D eigenvalue weighted by atomic mass is 32.2. The predicted octanol–water partition coefficient (Wildman–Crippen LogP) is 2.70. The molecule has 0 spiro atoms. The summed E-state index contributed by atoms with van der Waals surface area (Å²) in [5.74, 6) is 0.954. The van der Waals surface area contributed by atoms with Crippen LogP contribution in [0, 0.1) is 6.92 Å². The van der Waals surface area contributed by atoms with Crippen molar-refractivity contribution >= 4 is 17.9 Å². The largest absolute Gasteiger partial charge is 0.362 e. The van der Waals surface area contributed by atoms with Gasteiger partial charge < -0.3 is 18.8 Å². The normalized spacial score (nSPS) is 20.1. The minimum absolute atomic E-state index is 0.0968. The van der Waals surface area contributed by atoms with Gasteiger partial charge in [-0.15, -0.1) is 0 Å². The lowest BCUT2D eigenvalue weighted by Gasteiger charge is -2.34. The van der Waals surface area contributed by atoms with Crippen molar-refractivity contribution in [3.8, 4) is 0 Å². The molecule has 1 aromatic rings. The van der Waals surface area contributed by atoms with E-state index in [2.05, 4.69) is 11.9 Å². The molecule has 2 atom stereocenters. The van der Waals surface area contributed by atoms with Gasteiger partial charge in [-0.2, -0.15) is 0 Å². The Hall–Kier alpha value is -1.05. The van der Waals surface area contributed by atoms with Crippen molar-refractivity contribution < 1.29 is 14.1 Å². The molecule has 1 aliphatic rings. The second-order valence-corrected chi connectivity index (χ2v) is 6.32. The zero-order chi connectivity index (χ0) is 15.9. The van der Waals surface area contributed by atoms with E-state index in [0.717, 1.165) is 31.5 Å². The summed E-state index contributed by atoms with van der Waals surface area (Å²) in [7, 11) is 0. The molecule has 1 fully saturated rings. The number of unbranched alkanes of at least 4 members (excludes halogenated alkanes) is 2. The molecule has 2 heterocycles. The third-order valence-electron chi connectivity index (χ3n) is 4.03. The van der Waals surface area contributed by atoms with Gasteiger partial charge in [0.1, 0.15) is 17.3 Å². The summed E-state index contributed by atoms with van der Waals surface area (Å²) in [6, 6.07) is -0.212. The van der Waals surface area contributed by atoms with Gasteiger partial charge in [0, 0.05) is 31.0 Å². The zero-order valence-electron chi connectivity index (χ0n) is 13.3. The molecular formula is C15H25N3O3S. The second kappa shape index (κ2) is 8.55. The molecule has 0 saturated carbocycles. The van der Waals surface area contributed by atoms with Crippen molar-refractivity contribution in [2.45, 2.75) is 51.0 Å². The van der Waals surface area contributed by atoms with Gasteiger partial charge in [-0.25, -0.2) is 4.98 Å². The fraction of sp³-hybridized carbons (Fsp3) is 0.733. The molecule has 2 unspecified atom stereocenters. The lowest BCUT2D eigenvalue weighted by Crippen LogP contribution is -2.47. The van der Waals surface area contributed by atoms with Crippen LogP contribution in [0.15, 0.2) is 12.4 Å². The first-order valence-corrected chi connectivity index (χ1v) is 8.71. The molecule has 0 aliphatic carbocycles. The Morgan fingerprint density at radius 1 is 1.59 bits per heavy atom. The van der Waals surface area contributed by atoms with Gasteiger partial charge in [-0.3, -0.25) is 4.79 Å². The predicted molar refractivity (Wildman–Crippen MR) is 86.7 cm³/mol. The van der Waals surface area contributed by atoms with Crippen LogP contribution in [0.5, 0.6) is 0 Å². The molecule has 1 N–H and O–H groups in total. The summed E-state index contributed by atoms with van der Waals surface area (Å²) in [6.45, 7) is 5.55. The van der Waals surface area contributed by atoms with E-state index in [1.165, 1.54) is 0 Å². The van der Waals surface area contributed by atoms with Crippen molar-refractivity contribution in [1.29, 1.82) is 0 Å². The Morgan fingerprint density at radius 2 is 2.41 bits per heavy atom. The summed E-state index contributed by atoms with van der Waals surface area (Å²) >= 11 is 0.665. The van der Waals surface area contributed by atoms with Crippen LogP contribution in [0.3, 0.4) is 0 Å². The second-order valence-electron chi connectivity index (χ2n) is 5.58. The first-order chi connectivity index (χ1) is 10.7. The average Bonchev–Trinajstić information content (AvgIpc) is 2.97. The minimum Gasteiger partial charge on any atom is -0.362 e. The molecule has 6 nitrogen and oxygen atoms in total. The van der Waals surface area contributed by atoms with Gasteiger partial charge in [0.15, 0.2) is 0 Å². The molecule has 2 rings (SSSR count). The van der Waals surface area contributed by atoms with E-state index < -0.39 is 0 Å². The number of aromatic nitrogens is 2. The monoisotopic (exact) mass is 327 g/mol. The fourth-order valence-corrected chi connectivity index (χ4v) is 3.18. The van der Waals surface area contributed by atoms with Crippen LogP contribution in [0.1, 0.15) is 44.5 Å². The van der Waals surface area contributed by atoms with Crippen LogP contribution < -0.4 is 0 Å². The van der Waals surface area contributed by atoms with Gasteiger partial charge in [-0.1, -0.05) is 26.2 Å². The Balaban J connectivity index is 2.09. The molecule has 1 amide bonds. The zero-order valence-corrected chi connectivity index (χ0v) is 14.1. The number of nitrogens with zero attached hydrogens (tertiary/aromatic N) is 3. The number of amides is 1. The van der Waals surface area contributed by atoms with Gasteiger partial charge in [0.2, 0.25) is 5.91 Å². The Morgan fingerprint density at radius 3 is 3.05 bits per heavy atom. The van der Waals surface area contributed by atoms with E-state index >= 15 is 0 Å². The number of rotatable bonds is 7. The van der Waals surface area contributed by atoms with E-state index in [1.54, 1.807) is 11.1 Å². The van der Waals surface area contributed by atoms with Crippen LogP contribution in [-0.2, 0) is 9.53 Å². The third kappa shape index (κ3) is 4.24. The van der Waals surface area contributed by atoms with Gasteiger partial charge in [0.05, 0.1) is 13.2 Å². The first-order valence-electron chi connectivity index (χ1n) is 7.87. The van der Waals surface area contributed by atoms with E-state index in [1.807, 2.05) is 17.7 Å². The summed E-state index contributed by atoms with van der Waals surface area (Å²) in [6.07, 6.45) is 7.70. The third-order valence-corrected chi connectivity index (χ3v) is 4.55. The number of carbonyl (C=O) groups is 1. The maximum absolute atomic E-state index is 12.9. The van der Waals surface area contributed by atoms with Crippen molar-refractivity contribution in [2.75, 3.05) is 19.7 Å². The summed E-state index contributed by atoms with van der Waals surface area (Å²) in [4.78, 5) is 19.0. The van der Waals surface area contributed by atoms with E-state index in [9.17, 15) is 4.79 Å².